The number of anilines is 1. The average Bonchev–Trinajstić information content (AvgIpc) is 2.27. The number of benzene rings is 1. The molecule has 1 amide bonds. The van der Waals surface area contributed by atoms with E-state index in [4.69, 9.17) is 5.73 Å². The summed E-state index contributed by atoms with van der Waals surface area (Å²) in [6.45, 7) is 10.1. The van der Waals surface area contributed by atoms with Crippen molar-refractivity contribution in [3.63, 3.8) is 0 Å². The van der Waals surface area contributed by atoms with Crippen LogP contribution in [0, 0.1) is 12.3 Å². The van der Waals surface area contributed by atoms with Crippen molar-refractivity contribution in [1.29, 1.82) is 0 Å². The van der Waals surface area contributed by atoms with E-state index in [0.717, 1.165) is 12.1 Å². The Morgan fingerprint density at radius 2 is 2.00 bits per heavy atom. The van der Waals surface area contributed by atoms with Gasteiger partial charge in [0.15, 0.2) is 0 Å². The van der Waals surface area contributed by atoms with E-state index in [1.165, 1.54) is 11.1 Å². The Labute approximate surface area is 110 Å². The highest BCUT2D eigenvalue weighted by atomic mass is 16.2. The summed E-state index contributed by atoms with van der Waals surface area (Å²) in [5.74, 6) is -0.133. The Morgan fingerprint density at radius 3 is 2.44 bits per heavy atom. The van der Waals surface area contributed by atoms with E-state index in [1.807, 2.05) is 39.0 Å². The van der Waals surface area contributed by atoms with Crippen molar-refractivity contribution in [3.8, 4) is 0 Å². The molecule has 1 atom stereocenters. The Morgan fingerprint density at radius 1 is 1.39 bits per heavy atom. The van der Waals surface area contributed by atoms with Crippen LogP contribution in [0.2, 0.25) is 0 Å². The van der Waals surface area contributed by atoms with Gasteiger partial charge in [-0.1, -0.05) is 33.8 Å². The van der Waals surface area contributed by atoms with Crippen molar-refractivity contribution in [2.75, 3.05) is 5.32 Å². The van der Waals surface area contributed by atoms with Crippen LogP contribution in [0.3, 0.4) is 0 Å². The molecule has 1 rings (SSSR count). The molecule has 0 radical (unpaired) electrons. The Hall–Kier alpha value is -1.35. The minimum absolute atomic E-state index is 0.133. The molecule has 0 aliphatic carbocycles. The van der Waals surface area contributed by atoms with Crippen LogP contribution in [0.5, 0.6) is 0 Å². The van der Waals surface area contributed by atoms with Gasteiger partial charge in [-0.3, -0.25) is 4.79 Å². The molecule has 0 aromatic heterocycles. The van der Waals surface area contributed by atoms with E-state index in [0.29, 0.717) is 0 Å². The second-order valence-electron chi connectivity index (χ2n) is 5.83. The molecule has 1 aromatic rings. The number of hydrogen-bond acceptors (Lipinski definition) is 2. The number of rotatable bonds is 3. The number of carbonyl (C=O) groups excluding carboxylic acids is 1. The monoisotopic (exact) mass is 248 g/mol. The van der Waals surface area contributed by atoms with E-state index in [-0.39, 0.29) is 11.3 Å². The first-order chi connectivity index (χ1) is 8.25. The molecule has 0 saturated carbocycles. The molecule has 0 aliphatic rings. The van der Waals surface area contributed by atoms with Crippen molar-refractivity contribution in [1.82, 2.24) is 0 Å². The third kappa shape index (κ3) is 3.57. The van der Waals surface area contributed by atoms with Crippen LogP contribution in [0.1, 0.15) is 38.8 Å². The van der Waals surface area contributed by atoms with Gasteiger partial charge < -0.3 is 11.1 Å². The van der Waals surface area contributed by atoms with Crippen LogP contribution in [0.25, 0.3) is 0 Å². The van der Waals surface area contributed by atoms with Crippen LogP contribution in [-0.2, 0) is 11.2 Å². The first kappa shape index (κ1) is 14.7. The number of amides is 1. The zero-order valence-electron chi connectivity index (χ0n) is 12.0. The molecule has 3 heteroatoms. The predicted molar refractivity (Wildman–Crippen MR) is 76.6 cm³/mol. The van der Waals surface area contributed by atoms with Gasteiger partial charge in [-0.2, -0.15) is 0 Å². The Kier molecular flexibility index (Phi) is 4.52. The molecule has 0 aliphatic heterocycles. The normalized spacial score (nSPS) is 13.2. The quantitative estimate of drug-likeness (QED) is 0.864. The van der Waals surface area contributed by atoms with Crippen LogP contribution >= 0.6 is 0 Å². The maximum atomic E-state index is 12.0. The summed E-state index contributed by atoms with van der Waals surface area (Å²) in [6, 6.07) is 5.46. The Bertz CT molecular complexity index is 433. The van der Waals surface area contributed by atoms with Gasteiger partial charge in [-0.25, -0.2) is 0 Å². The zero-order chi connectivity index (χ0) is 13.9. The summed E-state index contributed by atoms with van der Waals surface area (Å²) in [5.41, 5.74) is 9.00. The van der Waals surface area contributed by atoms with E-state index in [9.17, 15) is 4.79 Å². The fraction of sp³-hybridized carbons (Fsp3) is 0.533. The van der Waals surface area contributed by atoms with Gasteiger partial charge in [-0.05, 0) is 42.0 Å². The van der Waals surface area contributed by atoms with E-state index >= 15 is 0 Å². The highest BCUT2D eigenvalue weighted by Gasteiger charge is 2.27. The first-order valence-corrected chi connectivity index (χ1v) is 6.41. The Balaban J connectivity index is 2.80. The molecule has 18 heavy (non-hydrogen) atoms. The fourth-order valence-corrected chi connectivity index (χ4v) is 1.78. The molecule has 0 unspecified atom stereocenters. The molecular formula is C15H24N2O. The number of nitrogens with two attached hydrogens (primary N) is 1. The predicted octanol–water partition coefficient (Wildman–Crippen LogP) is 2.87. The van der Waals surface area contributed by atoms with E-state index in [2.05, 4.69) is 19.2 Å². The average molecular weight is 248 g/mol. The zero-order valence-corrected chi connectivity index (χ0v) is 12.0. The molecule has 100 valence electrons. The van der Waals surface area contributed by atoms with E-state index in [1.54, 1.807) is 0 Å². The number of nitrogens with one attached hydrogen (secondary N) is 1. The molecule has 3 N–H and O–H groups in total. The molecule has 0 saturated heterocycles. The summed E-state index contributed by atoms with van der Waals surface area (Å²) in [4.78, 5) is 12.0. The maximum Gasteiger partial charge on any atom is 0.241 e. The summed E-state index contributed by atoms with van der Waals surface area (Å²) >= 11 is 0. The lowest BCUT2D eigenvalue weighted by Crippen LogP contribution is -2.45. The lowest BCUT2D eigenvalue weighted by Gasteiger charge is -2.25. The van der Waals surface area contributed by atoms with Crippen LogP contribution in [0.15, 0.2) is 18.2 Å². The molecule has 0 spiro atoms. The molecule has 0 bridgehead atoms. The number of aryl methyl sites for hydroxylation is 2. The van der Waals surface area contributed by atoms with Crippen molar-refractivity contribution >= 4 is 11.6 Å². The smallest absolute Gasteiger partial charge is 0.241 e. The standard InChI is InChI=1S/C15H24N2O/c1-6-11-7-8-12(9-10(11)2)17-14(18)13(16)15(3,4)5/h7-9,13H,6,16H2,1-5H3,(H,17,18)/t13-/m0/s1. The van der Waals surface area contributed by atoms with Gasteiger partial charge in [0.1, 0.15) is 0 Å². The molecular weight excluding hydrogens is 224 g/mol. The summed E-state index contributed by atoms with van der Waals surface area (Å²) in [6.07, 6.45) is 1.00. The van der Waals surface area contributed by atoms with Gasteiger partial charge >= 0.3 is 0 Å². The minimum atomic E-state index is -0.511. The van der Waals surface area contributed by atoms with Crippen molar-refractivity contribution in [2.45, 2.75) is 47.1 Å². The van der Waals surface area contributed by atoms with Crippen LogP contribution < -0.4 is 11.1 Å². The molecule has 3 nitrogen and oxygen atoms in total. The topological polar surface area (TPSA) is 55.1 Å². The lowest BCUT2D eigenvalue weighted by atomic mass is 9.87. The summed E-state index contributed by atoms with van der Waals surface area (Å²) in [7, 11) is 0. The van der Waals surface area contributed by atoms with Gasteiger partial charge in [-0.15, -0.1) is 0 Å². The number of hydrogen-bond donors (Lipinski definition) is 2. The third-order valence-corrected chi connectivity index (χ3v) is 3.21. The third-order valence-electron chi connectivity index (χ3n) is 3.21. The van der Waals surface area contributed by atoms with Crippen LogP contribution in [0.4, 0.5) is 5.69 Å². The molecule has 0 fully saturated rings. The first-order valence-electron chi connectivity index (χ1n) is 6.41. The number of carbonyl (C=O) groups is 1. The lowest BCUT2D eigenvalue weighted by molar-refractivity contribution is -0.119. The fourth-order valence-electron chi connectivity index (χ4n) is 1.78. The van der Waals surface area contributed by atoms with Gasteiger partial charge in [0.25, 0.3) is 0 Å². The SMILES string of the molecule is CCc1ccc(NC(=O)[C@H](N)C(C)(C)C)cc1C. The van der Waals surface area contributed by atoms with Crippen molar-refractivity contribution in [3.05, 3.63) is 29.3 Å². The molecule has 0 heterocycles. The van der Waals surface area contributed by atoms with Gasteiger partial charge in [0, 0.05) is 5.69 Å². The van der Waals surface area contributed by atoms with Gasteiger partial charge in [0.2, 0.25) is 5.91 Å². The van der Waals surface area contributed by atoms with Crippen LogP contribution in [-0.4, -0.2) is 11.9 Å². The van der Waals surface area contributed by atoms with Crippen molar-refractivity contribution < 1.29 is 4.79 Å². The highest BCUT2D eigenvalue weighted by Crippen LogP contribution is 2.20. The van der Waals surface area contributed by atoms with Crippen molar-refractivity contribution in [2.24, 2.45) is 11.1 Å². The summed E-state index contributed by atoms with van der Waals surface area (Å²) < 4.78 is 0. The second-order valence-corrected chi connectivity index (χ2v) is 5.83. The minimum Gasteiger partial charge on any atom is -0.325 e. The largest absolute Gasteiger partial charge is 0.325 e. The summed E-state index contributed by atoms with van der Waals surface area (Å²) in [5, 5.41) is 2.88. The highest BCUT2D eigenvalue weighted by molar-refractivity contribution is 5.95. The van der Waals surface area contributed by atoms with E-state index < -0.39 is 6.04 Å². The second kappa shape index (κ2) is 5.53. The molecule has 1 aromatic carbocycles. The maximum absolute atomic E-state index is 12.0. The van der Waals surface area contributed by atoms with Gasteiger partial charge in [0.05, 0.1) is 6.04 Å².